The summed E-state index contributed by atoms with van der Waals surface area (Å²) in [6, 6.07) is 5.28. The maximum atomic E-state index is 12.6. The molecule has 2 heterocycles. The highest BCUT2D eigenvalue weighted by Crippen LogP contribution is 2.35. The van der Waals surface area contributed by atoms with E-state index in [9.17, 15) is 9.90 Å². The number of benzene rings is 1. The van der Waals surface area contributed by atoms with Crippen molar-refractivity contribution < 1.29 is 19.4 Å². The molecule has 1 fully saturated rings. The first kappa shape index (κ1) is 12.3. The standard InChI is InChI=1S/C14H17NO4/c16-9-10-3-2-6-15(10)14(17)11-4-1-5-12-13(11)19-8-7-18-12/h1,4-5,10,16H,2-3,6-9H2. The van der Waals surface area contributed by atoms with Gasteiger partial charge in [-0.05, 0) is 25.0 Å². The van der Waals surface area contributed by atoms with Crippen LogP contribution in [0.15, 0.2) is 18.2 Å². The molecule has 1 saturated heterocycles. The second-order valence-electron chi connectivity index (χ2n) is 4.81. The van der Waals surface area contributed by atoms with Crippen molar-refractivity contribution in [2.45, 2.75) is 18.9 Å². The van der Waals surface area contributed by atoms with E-state index in [1.807, 2.05) is 0 Å². The van der Waals surface area contributed by atoms with Crippen molar-refractivity contribution in [2.75, 3.05) is 26.4 Å². The van der Waals surface area contributed by atoms with Gasteiger partial charge in [-0.2, -0.15) is 0 Å². The molecule has 1 aromatic rings. The summed E-state index contributed by atoms with van der Waals surface area (Å²) in [4.78, 5) is 14.3. The first-order chi connectivity index (χ1) is 9.31. The summed E-state index contributed by atoms with van der Waals surface area (Å²) in [6.07, 6.45) is 1.79. The predicted molar refractivity (Wildman–Crippen MR) is 68.6 cm³/mol. The normalized spacial score (nSPS) is 21.5. The maximum Gasteiger partial charge on any atom is 0.258 e. The van der Waals surface area contributed by atoms with Gasteiger partial charge < -0.3 is 19.5 Å². The van der Waals surface area contributed by atoms with Crippen LogP contribution in [0.5, 0.6) is 11.5 Å². The van der Waals surface area contributed by atoms with Gasteiger partial charge in [0.2, 0.25) is 0 Å². The van der Waals surface area contributed by atoms with Gasteiger partial charge in [-0.25, -0.2) is 0 Å². The lowest BCUT2D eigenvalue weighted by Crippen LogP contribution is -2.38. The van der Waals surface area contributed by atoms with E-state index in [2.05, 4.69) is 0 Å². The zero-order valence-corrected chi connectivity index (χ0v) is 10.7. The average Bonchev–Trinajstić information content (AvgIpc) is 2.94. The van der Waals surface area contributed by atoms with E-state index < -0.39 is 0 Å². The van der Waals surface area contributed by atoms with Crippen molar-refractivity contribution in [3.8, 4) is 11.5 Å². The number of nitrogens with zero attached hydrogens (tertiary/aromatic N) is 1. The number of aliphatic hydroxyl groups is 1. The molecule has 0 bridgehead atoms. The van der Waals surface area contributed by atoms with Crippen LogP contribution in [-0.4, -0.2) is 48.3 Å². The van der Waals surface area contributed by atoms with E-state index in [4.69, 9.17) is 9.47 Å². The fourth-order valence-corrected chi connectivity index (χ4v) is 2.69. The van der Waals surface area contributed by atoms with Crippen LogP contribution in [0.25, 0.3) is 0 Å². The number of hydrogen-bond acceptors (Lipinski definition) is 4. The fraction of sp³-hybridized carbons (Fsp3) is 0.500. The molecule has 1 N–H and O–H groups in total. The topological polar surface area (TPSA) is 59.0 Å². The van der Waals surface area contributed by atoms with Gasteiger partial charge >= 0.3 is 0 Å². The second kappa shape index (κ2) is 5.09. The molecule has 19 heavy (non-hydrogen) atoms. The number of rotatable bonds is 2. The number of para-hydroxylation sites is 1. The van der Waals surface area contributed by atoms with Crippen LogP contribution < -0.4 is 9.47 Å². The quantitative estimate of drug-likeness (QED) is 0.866. The zero-order valence-electron chi connectivity index (χ0n) is 10.7. The first-order valence-corrected chi connectivity index (χ1v) is 6.61. The van der Waals surface area contributed by atoms with E-state index in [1.54, 1.807) is 23.1 Å². The SMILES string of the molecule is O=C(c1cccc2c1OCCO2)N1CCCC1CO. The van der Waals surface area contributed by atoms with Crippen LogP contribution in [0.2, 0.25) is 0 Å². The Balaban J connectivity index is 1.91. The lowest BCUT2D eigenvalue weighted by atomic mass is 10.1. The molecular weight excluding hydrogens is 246 g/mol. The Kier molecular flexibility index (Phi) is 3.29. The molecule has 0 saturated carbocycles. The molecule has 1 unspecified atom stereocenters. The minimum atomic E-state index is -0.0844. The molecular formula is C14H17NO4. The van der Waals surface area contributed by atoms with Crippen LogP contribution in [-0.2, 0) is 0 Å². The summed E-state index contributed by atoms with van der Waals surface area (Å²) in [7, 11) is 0. The third-order valence-corrected chi connectivity index (χ3v) is 3.65. The molecule has 0 radical (unpaired) electrons. The van der Waals surface area contributed by atoms with Gasteiger partial charge in [-0.1, -0.05) is 6.07 Å². The van der Waals surface area contributed by atoms with Gasteiger partial charge in [0.25, 0.3) is 5.91 Å². The van der Waals surface area contributed by atoms with E-state index in [0.29, 0.717) is 36.8 Å². The monoisotopic (exact) mass is 263 g/mol. The predicted octanol–water partition coefficient (Wildman–Crippen LogP) is 1.05. The van der Waals surface area contributed by atoms with Crippen LogP contribution in [0.3, 0.4) is 0 Å². The smallest absolute Gasteiger partial charge is 0.258 e. The van der Waals surface area contributed by atoms with Crippen LogP contribution in [0.1, 0.15) is 23.2 Å². The number of fused-ring (bicyclic) bond motifs is 1. The van der Waals surface area contributed by atoms with Crippen molar-refractivity contribution in [3.05, 3.63) is 23.8 Å². The van der Waals surface area contributed by atoms with Crippen molar-refractivity contribution >= 4 is 5.91 Å². The minimum absolute atomic E-state index is 0.0120. The lowest BCUT2D eigenvalue weighted by molar-refractivity contribution is 0.0668. The van der Waals surface area contributed by atoms with E-state index in [0.717, 1.165) is 12.8 Å². The molecule has 102 valence electrons. The zero-order chi connectivity index (χ0) is 13.2. The number of hydrogen-bond donors (Lipinski definition) is 1. The summed E-state index contributed by atoms with van der Waals surface area (Å²) >= 11 is 0. The average molecular weight is 263 g/mol. The van der Waals surface area contributed by atoms with Gasteiger partial charge in [0.05, 0.1) is 18.2 Å². The van der Waals surface area contributed by atoms with Crippen LogP contribution in [0, 0.1) is 0 Å². The highest BCUT2D eigenvalue weighted by molar-refractivity contribution is 5.98. The second-order valence-corrected chi connectivity index (χ2v) is 4.81. The third kappa shape index (κ3) is 2.14. The first-order valence-electron chi connectivity index (χ1n) is 6.61. The largest absolute Gasteiger partial charge is 0.486 e. The molecule has 5 nitrogen and oxygen atoms in total. The van der Waals surface area contributed by atoms with Gasteiger partial charge in [0.1, 0.15) is 13.2 Å². The summed E-state index contributed by atoms with van der Waals surface area (Å²) in [6.45, 7) is 1.67. The fourth-order valence-electron chi connectivity index (χ4n) is 2.69. The number of likely N-dealkylation sites (tertiary alicyclic amines) is 1. The van der Waals surface area contributed by atoms with E-state index >= 15 is 0 Å². The van der Waals surface area contributed by atoms with Crippen molar-refractivity contribution in [2.24, 2.45) is 0 Å². The van der Waals surface area contributed by atoms with Crippen molar-refractivity contribution in [1.82, 2.24) is 4.90 Å². The summed E-state index contributed by atoms with van der Waals surface area (Å²) < 4.78 is 11.1. The highest BCUT2D eigenvalue weighted by atomic mass is 16.6. The number of carbonyl (C=O) groups is 1. The Bertz CT molecular complexity index is 488. The molecule has 3 rings (SSSR count). The van der Waals surface area contributed by atoms with E-state index in [1.165, 1.54) is 0 Å². The number of ether oxygens (including phenoxy) is 2. The molecule has 1 amide bonds. The van der Waals surface area contributed by atoms with Gasteiger partial charge in [-0.3, -0.25) is 4.79 Å². The third-order valence-electron chi connectivity index (χ3n) is 3.65. The Hall–Kier alpha value is -1.75. The summed E-state index contributed by atoms with van der Waals surface area (Å²) in [5.41, 5.74) is 0.526. The molecule has 0 aliphatic carbocycles. The molecule has 2 aliphatic heterocycles. The Morgan fingerprint density at radius 3 is 3.05 bits per heavy atom. The number of aliphatic hydroxyl groups excluding tert-OH is 1. The maximum absolute atomic E-state index is 12.6. The molecule has 1 atom stereocenters. The highest BCUT2D eigenvalue weighted by Gasteiger charge is 2.31. The van der Waals surface area contributed by atoms with Crippen molar-refractivity contribution in [3.63, 3.8) is 0 Å². The molecule has 2 aliphatic rings. The Labute approximate surface area is 111 Å². The van der Waals surface area contributed by atoms with Gasteiger partial charge in [-0.15, -0.1) is 0 Å². The van der Waals surface area contributed by atoms with E-state index in [-0.39, 0.29) is 18.6 Å². The lowest BCUT2D eigenvalue weighted by Gasteiger charge is -2.26. The van der Waals surface area contributed by atoms with Gasteiger partial charge in [0.15, 0.2) is 11.5 Å². The Morgan fingerprint density at radius 2 is 2.21 bits per heavy atom. The van der Waals surface area contributed by atoms with Crippen molar-refractivity contribution in [1.29, 1.82) is 0 Å². The molecule has 1 aromatic carbocycles. The summed E-state index contributed by atoms with van der Waals surface area (Å²) in [5.74, 6) is 1.07. The molecule has 0 spiro atoms. The van der Waals surface area contributed by atoms with Crippen LogP contribution in [0.4, 0.5) is 0 Å². The number of amides is 1. The molecule has 0 aromatic heterocycles. The van der Waals surface area contributed by atoms with Crippen LogP contribution >= 0.6 is 0 Å². The Morgan fingerprint density at radius 1 is 1.37 bits per heavy atom. The minimum Gasteiger partial charge on any atom is -0.486 e. The summed E-state index contributed by atoms with van der Waals surface area (Å²) in [5, 5.41) is 9.32. The van der Waals surface area contributed by atoms with Gasteiger partial charge in [0, 0.05) is 6.54 Å². The molecule has 5 heteroatoms. The number of carbonyl (C=O) groups excluding carboxylic acids is 1.